The quantitative estimate of drug-likeness (QED) is 0.716. The van der Waals surface area contributed by atoms with E-state index in [1.54, 1.807) is 0 Å². The first-order valence-electron chi connectivity index (χ1n) is 9.62. The summed E-state index contributed by atoms with van der Waals surface area (Å²) in [5.74, 6) is 0.914. The molecule has 2 fully saturated rings. The number of primary amides is 1. The highest BCUT2D eigenvalue weighted by atomic mass is 16.1. The smallest absolute Gasteiger partial charge is 0.221 e. The maximum atomic E-state index is 13.0. The van der Waals surface area contributed by atoms with Crippen LogP contribution in [0.4, 0.5) is 0 Å². The third-order valence-corrected chi connectivity index (χ3v) is 6.10. The minimum absolute atomic E-state index is 0.167. The van der Waals surface area contributed by atoms with Crippen LogP contribution >= 0.6 is 0 Å². The summed E-state index contributed by atoms with van der Waals surface area (Å²) in [7, 11) is 0. The van der Waals surface area contributed by atoms with E-state index in [4.69, 9.17) is 5.73 Å². The zero-order valence-electron chi connectivity index (χ0n) is 15.3. The lowest BCUT2D eigenvalue weighted by molar-refractivity contribution is -0.138. The highest BCUT2D eigenvalue weighted by molar-refractivity contribution is 5.91. The molecule has 0 aromatic carbocycles. The van der Waals surface area contributed by atoms with E-state index in [9.17, 15) is 9.59 Å². The Hall–Kier alpha value is -0.860. The average molecular weight is 322 g/mol. The van der Waals surface area contributed by atoms with Crippen LogP contribution < -0.4 is 5.73 Å². The summed E-state index contributed by atoms with van der Waals surface area (Å²) in [6.45, 7) is 5.91. The van der Waals surface area contributed by atoms with Crippen molar-refractivity contribution in [2.75, 3.05) is 0 Å². The first kappa shape index (κ1) is 18.5. The second kappa shape index (κ2) is 7.81. The van der Waals surface area contributed by atoms with Crippen LogP contribution in [0.1, 0.15) is 85.0 Å². The Kier molecular flexibility index (Phi) is 6.27. The van der Waals surface area contributed by atoms with Crippen LogP contribution in [-0.4, -0.2) is 11.7 Å². The second-order valence-corrected chi connectivity index (χ2v) is 8.99. The molecule has 132 valence electrons. The van der Waals surface area contributed by atoms with E-state index >= 15 is 0 Å². The Morgan fingerprint density at radius 1 is 0.957 bits per heavy atom. The van der Waals surface area contributed by atoms with E-state index in [1.165, 1.54) is 44.9 Å². The normalized spacial score (nSPS) is 22.6. The van der Waals surface area contributed by atoms with Gasteiger partial charge in [0.15, 0.2) is 0 Å². The van der Waals surface area contributed by atoms with Crippen molar-refractivity contribution in [2.24, 2.45) is 34.8 Å². The fourth-order valence-electron chi connectivity index (χ4n) is 4.35. The van der Waals surface area contributed by atoms with Gasteiger partial charge in [-0.25, -0.2) is 0 Å². The van der Waals surface area contributed by atoms with Crippen molar-refractivity contribution in [3.63, 3.8) is 0 Å². The number of rotatable bonds is 8. The molecule has 0 aromatic heterocycles. The molecular formula is C20H35NO2. The zero-order valence-corrected chi connectivity index (χ0v) is 15.3. The van der Waals surface area contributed by atoms with E-state index in [-0.39, 0.29) is 23.5 Å². The van der Waals surface area contributed by atoms with Crippen molar-refractivity contribution >= 4 is 11.7 Å². The predicted octanol–water partition coefficient (Wildman–Crippen LogP) is 4.48. The van der Waals surface area contributed by atoms with Crippen LogP contribution in [-0.2, 0) is 9.59 Å². The minimum Gasteiger partial charge on any atom is -0.369 e. The highest BCUT2D eigenvalue weighted by Crippen LogP contribution is 2.40. The van der Waals surface area contributed by atoms with Crippen molar-refractivity contribution < 1.29 is 9.59 Å². The lowest BCUT2D eigenvalue weighted by Gasteiger charge is -2.35. The van der Waals surface area contributed by atoms with Gasteiger partial charge in [0.25, 0.3) is 0 Å². The van der Waals surface area contributed by atoms with Crippen molar-refractivity contribution in [3.8, 4) is 0 Å². The fraction of sp³-hybridized carbons (Fsp3) is 0.900. The van der Waals surface area contributed by atoms with Crippen LogP contribution in [0, 0.1) is 29.1 Å². The summed E-state index contributed by atoms with van der Waals surface area (Å²) >= 11 is 0. The van der Waals surface area contributed by atoms with Crippen LogP contribution in [0.3, 0.4) is 0 Å². The van der Waals surface area contributed by atoms with Gasteiger partial charge in [-0.15, -0.1) is 0 Å². The van der Waals surface area contributed by atoms with Crippen LogP contribution in [0.15, 0.2) is 0 Å². The summed E-state index contributed by atoms with van der Waals surface area (Å²) in [5, 5.41) is 0. The first-order chi connectivity index (χ1) is 10.8. The number of Topliss-reactive ketones (excluding diaryl/α,β-unsaturated/α-hetero) is 1. The molecule has 2 saturated carbocycles. The summed E-state index contributed by atoms with van der Waals surface area (Å²) < 4.78 is 0. The van der Waals surface area contributed by atoms with Crippen molar-refractivity contribution in [1.29, 1.82) is 0 Å². The van der Waals surface area contributed by atoms with Crippen LogP contribution in [0.5, 0.6) is 0 Å². The summed E-state index contributed by atoms with van der Waals surface area (Å²) in [6.07, 6.45) is 11.6. The SMILES string of the molecule is CC(C)(C)C(=O)[C@H](CC1CCC1)[C@H](CCC1CCCC1)C(N)=O. The second-order valence-electron chi connectivity index (χ2n) is 8.99. The van der Waals surface area contributed by atoms with Gasteiger partial charge in [0.2, 0.25) is 5.91 Å². The molecule has 0 radical (unpaired) electrons. The van der Waals surface area contributed by atoms with E-state index < -0.39 is 5.41 Å². The van der Waals surface area contributed by atoms with Gasteiger partial charge >= 0.3 is 0 Å². The van der Waals surface area contributed by atoms with Gasteiger partial charge in [0.05, 0.1) is 0 Å². The van der Waals surface area contributed by atoms with Gasteiger partial charge in [0.1, 0.15) is 5.78 Å². The topological polar surface area (TPSA) is 60.2 Å². The number of carbonyl (C=O) groups is 2. The standard InChI is InChI=1S/C20H35NO2/c1-20(2,3)18(22)17(13-15-9-6-10-15)16(19(21)23)12-11-14-7-4-5-8-14/h14-17H,4-13H2,1-3H3,(H2,21,23)/t16-,17+/m0/s1. The van der Waals surface area contributed by atoms with Crippen molar-refractivity contribution in [3.05, 3.63) is 0 Å². The molecule has 2 rings (SSSR count). The van der Waals surface area contributed by atoms with Gasteiger partial charge in [-0.2, -0.15) is 0 Å². The number of amides is 1. The summed E-state index contributed by atoms with van der Waals surface area (Å²) in [5.41, 5.74) is 5.35. The van der Waals surface area contributed by atoms with Gasteiger partial charge in [0, 0.05) is 17.3 Å². The molecule has 0 aromatic rings. The van der Waals surface area contributed by atoms with E-state index in [1.807, 2.05) is 20.8 Å². The lowest BCUT2D eigenvalue weighted by atomic mass is 9.68. The molecule has 3 nitrogen and oxygen atoms in total. The molecule has 0 spiro atoms. The third kappa shape index (κ3) is 5.06. The Morgan fingerprint density at radius 3 is 1.96 bits per heavy atom. The minimum atomic E-state index is -0.393. The molecule has 2 atom stereocenters. The Labute approximate surface area is 141 Å². The number of hydrogen-bond donors (Lipinski definition) is 1. The van der Waals surface area contributed by atoms with Crippen LogP contribution in [0.25, 0.3) is 0 Å². The summed E-state index contributed by atoms with van der Waals surface area (Å²) in [6, 6.07) is 0. The molecule has 23 heavy (non-hydrogen) atoms. The van der Waals surface area contributed by atoms with Gasteiger partial charge in [-0.1, -0.05) is 65.7 Å². The molecular weight excluding hydrogens is 286 g/mol. The number of carbonyl (C=O) groups excluding carboxylic acids is 2. The monoisotopic (exact) mass is 321 g/mol. The van der Waals surface area contributed by atoms with E-state index in [2.05, 4.69) is 0 Å². The zero-order chi connectivity index (χ0) is 17.0. The number of nitrogens with two attached hydrogens (primary N) is 1. The molecule has 2 N–H and O–H groups in total. The molecule has 2 aliphatic carbocycles. The molecule has 0 saturated heterocycles. The van der Waals surface area contributed by atoms with Crippen molar-refractivity contribution in [1.82, 2.24) is 0 Å². The maximum absolute atomic E-state index is 13.0. The molecule has 1 amide bonds. The van der Waals surface area contributed by atoms with Gasteiger partial charge in [-0.3, -0.25) is 9.59 Å². The van der Waals surface area contributed by atoms with E-state index in [0.29, 0.717) is 5.92 Å². The molecule has 0 unspecified atom stereocenters. The first-order valence-corrected chi connectivity index (χ1v) is 9.62. The molecule has 0 bridgehead atoms. The van der Waals surface area contributed by atoms with Gasteiger partial charge < -0.3 is 5.73 Å². The summed E-state index contributed by atoms with van der Waals surface area (Å²) in [4.78, 5) is 25.1. The van der Waals surface area contributed by atoms with Gasteiger partial charge in [-0.05, 0) is 31.1 Å². The Morgan fingerprint density at radius 2 is 1.52 bits per heavy atom. The molecule has 0 heterocycles. The number of ketones is 1. The van der Waals surface area contributed by atoms with Crippen molar-refractivity contribution in [2.45, 2.75) is 85.0 Å². The number of hydrogen-bond acceptors (Lipinski definition) is 2. The lowest BCUT2D eigenvalue weighted by Crippen LogP contribution is -2.41. The third-order valence-electron chi connectivity index (χ3n) is 6.10. The molecule has 0 aliphatic heterocycles. The highest BCUT2D eigenvalue weighted by Gasteiger charge is 2.39. The predicted molar refractivity (Wildman–Crippen MR) is 93.8 cm³/mol. The Bertz CT molecular complexity index is 414. The molecule has 3 heteroatoms. The Balaban J connectivity index is 2.06. The largest absolute Gasteiger partial charge is 0.369 e. The molecule has 2 aliphatic rings. The van der Waals surface area contributed by atoms with E-state index in [0.717, 1.165) is 25.2 Å². The van der Waals surface area contributed by atoms with Crippen LogP contribution in [0.2, 0.25) is 0 Å². The maximum Gasteiger partial charge on any atom is 0.221 e. The average Bonchev–Trinajstić information content (AvgIpc) is 2.91. The fourth-order valence-corrected chi connectivity index (χ4v) is 4.35.